The maximum absolute atomic E-state index is 13.0. The summed E-state index contributed by atoms with van der Waals surface area (Å²) in [5.74, 6) is -1.38. The molecule has 0 saturated carbocycles. The van der Waals surface area contributed by atoms with Crippen molar-refractivity contribution in [2.45, 2.75) is 44.0 Å². The average molecular weight is 325 g/mol. The predicted molar refractivity (Wildman–Crippen MR) is 79.3 cm³/mol. The number of aliphatic hydroxyl groups is 1. The van der Waals surface area contributed by atoms with Gasteiger partial charge in [0, 0.05) is 25.7 Å². The van der Waals surface area contributed by atoms with Gasteiger partial charge in [-0.25, -0.2) is 0 Å². The summed E-state index contributed by atoms with van der Waals surface area (Å²) in [5.41, 5.74) is -0.811. The Balaban J connectivity index is 1.90. The number of amides is 2. The molecule has 8 nitrogen and oxygen atoms in total. The minimum Gasteiger partial charge on any atom is -0.468 e. The number of likely N-dealkylation sites (tertiary alicyclic amines) is 1. The zero-order valence-electron chi connectivity index (χ0n) is 13.7. The molecule has 1 spiro atoms. The molecular weight excluding hydrogens is 302 g/mol. The van der Waals surface area contributed by atoms with E-state index >= 15 is 0 Å². The molecule has 1 N–H and O–H groups in total. The standard InChI is InChI=1S/C15H23N3O5/c1-9(2)16-7-15(8-16)14(22)17(6-12(20)23-3)13(21)11-4-10(19)5-18(11)15/h9-11,19H,4-8H2,1-3H3/t10-,11+/m1/s1. The monoisotopic (exact) mass is 325 g/mol. The molecular formula is C15H23N3O5. The molecule has 0 unspecified atom stereocenters. The van der Waals surface area contributed by atoms with E-state index < -0.39 is 29.6 Å². The van der Waals surface area contributed by atoms with Gasteiger partial charge in [0.2, 0.25) is 5.91 Å². The van der Waals surface area contributed by atoms with Crippen LogP contribution in [0, 0.1) is 0 Å². The quantitative estimate of drug-likeness (QED) is 0.495. The number of ether oxygens (including phenoxy) is 1. The summed E-state index contributed by atoms with van der Waals surface area (Å²) in [6.45, 7) is 5.08. The molecule has 0 aromatic heterocycles. The van der Waals surface area contributed by atoms with Crippen LogP contribution in [0.15, 0.2) is 0 Å². The van der Waals surface area contributed by atoms with Crippen molar-refractivity contribution in [3.63, 3.8) is 0 Å². The SMILES string of the molecule is COC(=O)CN1C(=O)[C@@H]2C[C@@H](O)CN2C2(CN(C(C)C)C2)C1=O. The highest BCUT2D eigenvalue weighted by Gasteiger charge is 2.64. The second-order valence-electron chi connectivity index (χ2n) is 6.89. The van der Waals surface area contributed by atoms with E-state index in [4.69, 9.17) is 0 Å². The van der Waals surface area contributed by atoms with Crippen LogP contribution in [0.1, 0.15) is 20.3 Å². The zero-order chi connectivity index (χ0) is 16.9. The number of rotatable bonds is 3. The number of aliphatic hydroxyl groups excluding tert-OH is 1. The second kappa shape index (κ2) is 5.54. The van der Waals surface area contributed by atoms with Gasteiger partial charge in [-0.2, -0.15) is 0 Å². The largest absolute Gasteiger partial charge is 0.468 e. The highest BCUT2D eigenvalue weighted by atomic mass is 16.5. The van der Waals surface area contributed by atoms with E-state index in [2.05, 4.69) is 9.64 Å². The lowest BCUT2D eigenvalue weighted by Crippen LogP contribution is -2.82. The van der Waals surface area contributed by atoms with E-state index in [-0.39, 0.29) is 12.5 Å². The molecule has 0 aromatic carbocycles. The van der Waals surface area contributed by atoms with E-state index in [0.717, 1.165) is 4.90 Å². The summed E-state index contributed by atoms with van der Waals surface area (Å²) >= 11 is 0. The fourth-order valence-electron chi connectivity index (χ4n) is 3.83. The molecule has 0 aliphatic carbocycles. The van der Waals surface area contributed by atoms with Crippen molar-refractivity contribution in [2.75, 3.05) is 33.3 Å². The first-order valence-corrected chi connectivity index (χ1v) is 7.91. The number of piperazine rings is 1. The molecule has 3 rings (SSSR count). The van der Waals surface area contributed by atoms with Crippen molar-refractivity contribution in [1.82, 2.24) is 14.7 Å². The number of carbonyl (C=O) groups is 3. The van der Waals surface area contributed by atoms with Crippen LogP contribution in [0.2, 0.25) is 0 Å². The lowest BCUT2D eigenvalue weighted by molar-refractivity contribution is -0.184. The first-order valence-electron chi connectivity index (χ1n) is 7.91. The highest BCUT2D eigenvalue weighted by Crippen LogP contribution is 2.40. The van der Waals surface area contributed by atoms with E-state index in [0.29, 0.717) is 32.1 Å². The normalized spacial score (nSPS) is 30.7. The summed E-state index contributed by atoms with van der Waals surface area (Å²) in [5, 5.41) is 9.98. The fourth-order valence-corrected chi connectivity index (χ4v) is 3.83. The molecule has 23 heavy (non-hydrogen) atoms. The van der Waals surface area contributed by atoms with Crippen molar-refractivity contribution in [3.8, 4) is 0 Å². The summed E-state index contributed by atoms with van der Waals surface area (Å²) in [6, 6.07) is -0.243. The first-order chi connectivity index (χ1) is 10.8. The van der Waals surface area contributed by atoms with Crippen LogP contribution in [-0.4, -0.2) is 94.6 Å². The molecule has 3 fully saturated rings. The Morgan fingerprint density at radius 2 is 2.04 bits per heavy atom. The average Bonchev–Trinajstić information content (AvgIpc) is 2.83. The third-order valence-corrected chi connectivity index (χ3v) is 5.20. The van der Waals surface area contributed by atoms with Crippen LogP contribution in [0.25, 0.3) is 0 Å². The molecule has 0 bridgehead atoms. The summed E-state index contributed by atoms with van der Waals surface area (Å²) in [6.07, 6.45) is -0.326. The highest BCUT2D eigenvalue weighted by molar-refractivity contribution is 6.07. The van der Waals surface area contributed by atoms with Gasteiger partial charge < -0.3 is 9.84 Å². The molecule has 2 amide bonds. The molecule has 3 aliphatic rings. The molecule has 8 heteroatoms. The summed E-state index contributed by atoms with van der Waals surface area (Å²) < 4.78 is 4.60. The Morgan fingerprint density at radius 3 is 2.61 bits per heavy atom. The minimum atomic E-state index is -0.811. The third kappa shape index (κ3) is 2.36. The van der Waals surface area contributed by atoms with Crippen molar-refractivity contribution in [1.29, 1.82) is 0 Å². The lowest BCUT2D eigenvalue weighted by Gasteiger charge is -2.59. The first kappa shape index (κ1) is 16.4. The number of imide groups is 1. The predicted octanol–water partition coefficient (Wildman–Crippen LogP) is -1.57. The second-order valence-corrected chi connectivity index (χ2v) is 6.89. The summed E-state index contributed by atoms with van der Waals surface area (Å²) in [7, 11) is 1.23. The molecule has 0 radical (unpaired) electrons. The Hall–Kier alpha value is -1.51. The van der Waals surface area contributed by atoms with E-state index in [1.165, 1.54) is 7.11 Å². The van der Waals surface area contributed by atoms with Gasteiger partial charge in [0.15, 0.2) is 0 Å². The number of methoxy groups -OCH3 is 1. The number of fused-ring (bicyclic) bond motifs is 2. The maximum atomic E-state index is 13.0. The van der Waals surface area contributed by atoms with Crippen LogP contribution >= 0.6 is 0 Å². The van der Waals surface area contributed by atoms with Crippen molar-refractivity contribution >= 4 is 17.8 Å². The van der Waals surface area contributed by atoms with Gasteiger partial charge in [0.25, 0.3) is 5.91 Å². The Labute approximate surface area is 135 Å². The number of β-amino-alcohol motifs (C(OH)–C–C–N with tert-alkyl or cyclic N) is 1. The van der Waals surface area contributed by atoms with Gasteiger partial charge >= 0.3 is 5.97 Å². The summed E-state index contributed by atoms with van der Waals surface area (Å²) in [4.78, 5) is 42.1. The topological polar surface area (TPSA) is 90.4 Å². The van der Waals surface area contributed by atoms with Gasteiger partial charge in [-0.1, -0.05) is 0 Å². The van der Waals surface area contributed by atoms with Crippen molar-refractivity contribution < 1.29 is 24.2 Å². The van der Waals surface area contributed by atoms with Gasteiger partial charge in [-0.3, -0.25) is 29.1 Å². The molecule has 2 atom stereocenters. The Kier molecular flexibility index (Phi) is 3.94. The molecule has 128 valence electrons. The van der Waals surface area contributed by atoms with Crippen LogP contribution < -0.4 is 0 Å². The van der Waals surface area contributed by atoms with Gasteiger partial charge in [-0.05, 0) is 20.3 Å². The van der Waals surface area contributed by atoms with Crippen molar-refractivity contribution in [3.05, 3.63) is 0 Å². The Morgan fingerprint density at radius 1 is 1.39 bits per heavy atom. The van der Waals surface area contributed by atoms with E-state index in [1.807, 2.05) is 18.7 Å². The molecule has 0 aromatic rings. The van der Waals surface area contributed by atoms with Gasteiger partial charge in [0.05, 0.1) is 19.3 Å². The number of carbonyl (C=O) groups excluding carboxylic acids is 3. The Bertz CT molecular complexity index is 543. The maximum Gasteiger partial charge on any atom is 0.325 e. The smallest absolute Gasteiger partial charge is 0.325 e. The number of hydrogen-bond acceptors (Lipinski definition) is 7. The van der Waals surface area contributed by atoms with Crippen LogP contribution in [0.3, 0.4) is 0 Å². The van der Waals surface area contributed by atoms with Gasteiger partial charge in [0.1, 0.15) is 12.1 Å². The van der Waals surface area contributed by atoms with Crippen molar-refractivity contribution in [2.24, 2.45) is 0 Å². The number of esters is 1. The fraction of sp³-hybridized carbons (Fsp3) is 0.800. The molecule has 3 saturated heterocycles. The van der Waals surface area contributed by atoms with Crippen LogP contribution in [-0.2, 0) is 19.1 Å². The van der Waals surface area contributed by atoms with Gasteiger partial charge in [-0.15, -0.1) is 0 Å². The van der Waals surface area contributed by atoms with Crippen LogP contribution in [0.5, 0.6) is 0 Å². The zero-order valence-corrected chi connectivity index (χ0v) is 13.7. The van der Waals surface area contributed by atoms with E-state index in [1.54, 1.807) is 0 Å². The third-order valence-electron chi connectivity index (χ3n) is 5.20. The number of nitrogens with zero attached hydrogens (tertiary/aromatic N) is 3. The molecule has 3 aliphatic heterocycles. The molecule has 3 heterocycles. The minimum absolute atomic E-state index is 0.297. The number of hydrogen-bond donors (Lipinski definition) is 1. The van der Waals surface area contributed by atoms with Crippen LogP contribution in [0.4, 0.5) is 0 Å². The van der Waals surface area contributed by atoms with E-state index in [9.17, 15) is 19.5 Å². The lowest BCUT2D eigenvalue weighted by atomic mass is 9.81.